The summed E-state index contributed by atoms with van der Waals surface area (Å²) in [6, 6.07) is -1.34. The van der Waals surface area contributed by atoms with E-state index in [9.17, 15) is 30.0 Å². The summed E-state index contributed by atoms with van der Waals surface area (Å²) in [7, 11) is 4.72. The van der Waals surface area contributed by atoms with Gasteiger partial charge in [0.15, 0.2) is 0 Å². The Hall–Kier alpha value is -1.18. The normalized spacial score (nSPS) is 19.4. The molecule has 4 atom stereocenters. The quantitative estimate of drug-likeness (QED) is 0.461. The van der Waals surface area contributed by atoms with Gasteiger partial charge in [0.1, 0.15) is 17.4 Å². The van der Waals surface area contributed by atoms with Crippen molar-refractivity contribution >= 4 is 11.9 Å². The van der Waals surface area contributed by atoms with Crippen LogP contribution >= 0.6 is 0 Å². The molecule has 7 heteroatoms. The van der Waals surface area contributed by atoms with E-state index in [-0.39, 0.29) is 23.7 Å². The summed E-state index contributed by atoms with van der Waals surface area (Å²) in [4.78, 5) is 23.5. The number of aliphatic hydroxyl groups excluding tert-OH is 2. The van der Waals surface area contributed by atoms with E-state index in [1.165, 1.54) is 13.8 Å². The van der Waals surface area contributed by atoms with Crippen molar-refractivity contribution < 1.29 is 34.5 Å². The lowest BCUT2D eigenvalue weighted by Gasteiger charge is -2.46. The van der Waals surface area contributed by atoms with Crippen LogP contribution in [0, 0.1) is 5.41 Å². The summed E-state index contributed by atoms with van der Waals surface area (Å²) < 4.78 is -0.152. The molecule has 7 nitrogen and oxygen atoms in total. The number of carboxylic acids is 2. The summed E-state index contributed by atoms with van der Waals surface area (Å²) in [5.74, 6) is -2.78. The standard InChI is InChI=1S/C14H27NO6/c1-9(16)6-7-14(13(20)21,8-10(2)17)11(12(18)19)15(3,4)5/h9-11,16-17H,6-8H2,1-5H3,(H-,18,19,20,21). The predicted octanol–water partition coefficient (Wildman–Crippen LogP) is -1.19. The highest BCUT2D eigenvalue weighted by Crippen LogP contribution is 2.38. The number of rotatable bonds is 9. The fourth-order valence-electron chi connectivity index (χ4n) is 2.94. The molecule has 0 fully saturated rings. The van der Waals surface area contributed by atoms with E-state index >= 15 is 0 Å². The second-order valence-electron chi connectivity index (χ2n) is 6.74. The van der Waals surface area contributed by atoms with Crippen molar-refractivity contribution in [1.82, 2.24) is 0 Å². The van der Waals surface area contributed by atoms with Gasteiger partial charge < -0.3 is 29.7 Å². The molecule has 0 spiro atoms. The Bertz CT molecular complexity index is 374. The number of hydrogen-bond donors (Lipinski definition) is 3. The van der Waals surface area contributed by atoms with E-state index in [1.807, 2.05) is 0 Å². The number of carbonyl (C=O) groups is 2. The maximum absolute atomic E-state index is 11.9. The minimum Gasteiger partial charge on any atom is -0.544 e. The number of likely N-dealkylation sites (N-methyl/N-ethyl adjacent to an activating group) is 1. The molecule has 0 aliphatic rings. The summed E-state index contributed by atoms with van der Waals surface area (Å²) in [6.45, 7) is 2.93. The summed E-state index contributed by atoms with van der Waals surface area (Å²) in [5, 5.41) is 40.3. The molecule has 0 saturated heterocycles. The average Bonchev–Trinajstić information content (AvgIpc) is 2.21. The second kappa shape index (κ2) is 7.20. The topological polar surface area (TPSA) is 118 Å². The molecule has 0 aliphatic heterocycles. The largest absolute Gasteiger partial charge is 0.544 e. The van der Waals surface area contributed by atoms with Gasteiger partial charge in [0.25, 0.3) is 0 Å². The zero-order valence-corrected chi connectivity index (χ0v) is 13.4. The third kappa shape index (κ3) is 5.26. The van der Waals surface area contributed by atoms with Gasteiger partial charge in [-0.2, -0.15) is 0 Å². The fourth-order valence-corrected chi connectivity index (χ4v) is 2.94. The van der Waals surface area contributed by atoms with Crippen LogP contribution in [-0.2, 0) is 9.59 Å². The van der Waals surface area contributed by atoms with Gasteiger partial charge in [-0.25, -0.2) is 0 Å². The summed E-state index contributed by atoms with van der Waals surface area (Å²) >= 11 is 0. The van der Waals surface area contributed by atoms with Crippen LogP contribution in [0.1, 0.15) is 33.1 Å². The molecule has 0 radical (unpaired) electrons. The van der Waals surface area contributed by atoms with Crippen LogP contribution < -0.4 is 5.11 Å². The van der Waals surface area contributed by atoms with E-state index in [2.05, 4.69) is 0 Å². The van der Waals surface area contributed by atoms with E-state index < -0.39 is 35.6 Å². The van der Waals surface area contributed by atoms with Gasteiger partial charge in [-0.15, -0.1) is 0 Å². The van der Waals surface area contributed by atoms with Crippen LogP contribution in [0.25, 0.3) is 0 Å². The lowest BCUT2D eigenvalue weighted by Crippen LogP contribution is -2.65. The number of carboxylic acid groups (broad SMARTS) is 2. The van der Waals surface area contributed by atoms with Crippen molar-refractivity contribution in [2.75, 3.05) is 21.1 Å². The first-order chi connectivity index (χ1) is 9.34. The Morgan fingerprint density at radius 2 is 1.62 bits per heavy atom. The maximum Gasteiger partial charge on any atom is 0.316 e. The SMILES string of the molecule is CC(O)CCC(CC(C)O)(C(=O)O)C(C(=O)[O-])[N+](C)(C)C. The first-order valence-electron chi connectivity index (χ1n) is 6.96. The van der Waals surface area contributed by atoms with Crippen LogP contribution in [0.4, 0.5) is 0 Å². The fraction of sp³-hybridized carbons (Fsp3) is 0.857. The number of aliphatic hydroxyl groups is 2. The summed E-state index contributed by atoms with van der Waals surface area (Å²) in [6.07, 6.45) is -1.89. The molecule has 0 bridgehead atoms. The highest BCUT2D eigenvalue weighted by molar-refractivity contribution is 5.84. The van der Waals surface area contributed by atoms with Gasteiger partial charge in [-0.3, -0.25) is 4.79 Å². The smallest absolute Gasteiger partial charge is 0.316 e. The third-order valence-electron chi connectivity index (χ3n) is 3.62. The average molecular weight is 305 g/mol. The van der Waals surface area contributed by atoms with Crippen LogP contribution in [-0.4, -0.2) is 71.1 Å². The molecule has 3 N–H and O–H groups in total. The molecule has 124 valence electrons. The van der Waals surface area contributed by atoms with Gasteiger partial charge in [0, 0.05) is 0 Å². The van der Waals surface area contributed by atoms with Crippen molar-refractivity contribution in [3.05, 3.63) is 0 Å². The Morgan fingerprint density at radius 1 is 1.14 bits per heavy atom. The van der Waals surface area contributed by atoms with Gasteiger partial charge in [0.2, 0.25) is 0 Å². The molecule has 0 aromatic carbocycles. The molecule has 0 saturated carbocycles. The lowest BCUT2D eigenvalue weighted by atomic mass is 9.70. The maximum atomic E-state index is 11.9. The molecule has 0 aromatic heterocycles. The molecule has 0 aliphatic carbocycles. The minimum atomic E-state index is -1.71. The first kappa shape index (κ1) is 19.8. The monoisotopic (exact) mass is 305 g/mol. The Balaban J connectivity index is 5.92. The number of aliphatic carboxylic acids is 2. The van der Waals surface area contributed by atoms with E-state index in [1.54, 1.807) is 21.1 Å². The molecule has 4 unspecified atom stereocenters. The minimum absolute atomic E-state index is 0.0565. The van der Waals surface area contributed by atoms with Gasteiger partial charge in [0.05, 0.1) is 33.4 Å². The molecule has 0 heterocycles. The summed E-state index contributed by atoms with van der Waals surface area (Å²) in [5.41, 5.74) is -1.71. The molecule has 0 aromatic rings. The number of carbonyl (C=O) groups excluding carboxylic acids is 1. The number of nitrogens with zero attached hydrogens (tertiary/aromatic N) is 1. The van der Waals surface area contributed by atoms with E-state index in [0.717, 1.165) is 0 Å². The predicted molar refractivity (Wildman–Crippen MR) is 74.1 cm³/mol. The lowest BCUT2D eigenvalue weighted by molar-refractivity contribution is -0.896. The van der Waals surface area contributed by atoms with Crippen molar-refractivity contribution in [3.8, 4) is 0 Å². The number of hydrogen-bond acceptors (Lipinski definition) is 5. The van der Waals surface area contributed by atoms with Crippen LogP contribution in [0.2, 0.25) is 0 Å². The van der Waals surface area contributed by atoms with E-state index in [0.29, 0.717) is 0 Å². The van der Waals surface area contributed by atoms with Crippen molar-refractivity contribution in [3.63, 3.8) is 0 Å². The Kier molecular flexibility index (Phi) is 6.79. The Labute approximate surface area is 125 Å². The molecule has 0 amide bonds. The third-order valence-corrected chi connectivity index (χ3v) is 3.62. The van der Waals surface area contributed by atoms with Crippen LogP contribution in [0.5, 0.6) is 0 Å². The Morgan fingerprint density at radius 3 is 1.86 bits per heavy atom. The van der Waals surface area contributed by atoms with Crippen molar-refractivity contribution in [1.29, 1.82) is 0 Å². The molecule has 0 rings (SSSR count). The zero-order chi connectivity index (χ0) is 17.0. The van der Waals surface area contributed by atoms with Crippen molar-refractivity contribution in [2.24, 2.45) is 5.41 Å². The van der Waals surface area contributed by atoms with Gasteiger partial charge in [-0.05, 0) is 33.1 Å². The zero-order valence-electron chi connectivity index (χ0n) is 13.4. The number of quaternary nitrogens is 1. The van der Waals surface area contributed by atoms with Gasteiger partial charge >= 0.3 is 5.97 Å². The molecule has 21 heavy (non-hydrogen) atoms. The van der Waals surface area contributed by atoms with Crippen LogP contribution in [0.15, 0.2) is 0 Å². The van der Waals surface area contributed by atoms with E-state index in [4.69, 9.17) is 0 Å². The first-order valence-corrected chi connectivity index (χ1v) is 6.96. The van der Waals surface area contributed by atoms with Crippen LogP contribution in [0.3, 0.4) is 0 Å². The second-order valence-corrected chi connectivity index (χ2v) is 6.74. The van der Waals surface area contributed by atoms with Gasteiger partial charge in [-0.1, -0.05) is 0 Å². The molecular weight excluding hydrogens is 278 g/mol. The highest BCUT2D eigenvalue weighted by Gasteiger charge is 2.53. The van der Waals surface area contributed by atoms with Crippen molar-refractivity contribution in [2.45, 2.75) is 51.4 Å². The molecular formula is C14H27NO6. The highest BCUT2D eigenvalue weighted by atomic mass is 16.4.